The van der Waals surface area contributed by atoms with Gasteiger partial charge in [-0.1, -0.05) is 23.9 Å². The second-order valence-electron chi connectivity index (χ2n) is 5.82. The Morgan fingerprint density at radius 2 is 2.17 bits per heavy atom. The van der Waals surface area contributed by atoms with Gasteiger partial charge < -0.3 is 0 Å². The Labute approximate surface area is 150 Å². The van der Waals surface area contributed by atoms with Crippen LogP contribution < -0.4 is 0 Å². The van der Waals surface area contributed by atoms with Crippen LogP contribution >= 0.6 is 23.1 Å². The van der Waals surface area contributed by atoms with E-state index < -0.39 is 0 Å². The molecule has 4 rings (SSSR count). The lowest BCUT2D eigenvalue weighted by molar-refractivity contribution is 0.242. The Kier molecular flexibility index (Phi) is 4.60. The van der Waals surface area contributed by atoms with Crippen molar-refractivity contribution < 1.29 is 0 Å². The Morgan fingerprint density at radius 1 is 1.21 bits per heavy atom. The van der Waals surface area contributed by atoms with Crippen LogP contribution in [0.2, 0.25) is 0 Å². The van der Waals surface area contributed by atoms with Gasteiger partial charge in [-0.25, -0.2) is 9.97 Å². The van der Waals surface area contributed by atoms with Crippen LogP contribution in [0.1, 0.15) is 16.8 Å². The summed E-state index contributed by atoms with van der Waals surface area (Å²) >= 11 is 3.33. The summed E-state index contributed by atoms with van der Waals surface area (Å²) in [5.41, 5.74) is 4.76. The zero-order chi connectivity index (χ0) is 16.4. The van der Waals surface area contributed by atoms with E-state index in [1.807, 2.05) is 18.6 Å². The molecular formula is C18H18N4S2. The number of nitrogens with zero attached hydrogens (tertiary/aromatic N) is 4. The molecule has 0 spiro atoms. The number of thioether (sulfide) groups is 1. The molecule has 0 saturated carbocycles. The number of aromatic nitrogens is 3. The van der Waals surface area contributed by atoms with E-state index in [-0.39, 0.29) is 0 Å². The Morgan fingerprint density at radius 3 is 2.92 bits per heavy atom. The van der Waals surface area contributed by atoms with Gasteiger partial charge in [0.1, 0.15) is 0 Å². The smallest absolute Gasteiger partial charge is 0.187 e. The normalized spacial score (nSPS) is 14.5. The van der Waals surface area contributed by atoms with E-state index in [4.69, 9.17) is 0 Å². The van der Waals surface area contributed by atoms with Gasteiger partial charge in [0.05, 0.1) is 16.3 Å². The van der Waals surface area contributed by atoms with Crippen molar-refractivity contribution >= 4 is 23.1 Å². The number of rotatable bonds is 4. The second-order valence-corrected chi connectivity index (χ2v) is 7.54. The maximum Gasteiger partial charge on any atom is 0.187 e. The summed E-state index contributed by atoms with van der Waals surface area (Å²) in [5, 5.41) is 2.95. The summed E-state index contributed by atoms with van der Waals surface area (Å²) in [4.78, 5) is 17.3. The molecule has 0 aromatic carbocycles. The molecule has 0 aliphatic carbocycles. The molecule has 0 bridgehead atoms. The van der Waals surface area contributed by atoms with Gasteiger partial charge in [-0.3, -0.25) is 9.88 Å². The highest BCUT2D eigenvalue weighted by atomic mass is 32.2. The van der Waals surface area contributed by atoms with Gasteiger partial charge in [-0.2, -0.15) is 0 Å². The van der Waals surface area contributed by atoms with Crippen molar-refractivity contribution in [1.29, 1.82) is 0 Å². The highest BCUT2D eigenvalue weighted by Gasteiger charge is 2.18. The van der Waals surface area contributed by atoms with E-state index in [1.165, 1.54) is 21.7 Å². The van der Waals surface area contributed by atoms with Crippen LogP contribution in [0, 0.1) is 0 Å². The third kappa shape index (κ3) is 3.36. The summed E-state index contributed by atoms with van der Waals surface area (Å²) in [7, 11) is 0. The molecule has 4 nitrogen and oxygen atoms in total. The molecule has 1 aliphatic rings. The minimum atomic E-state index is 0.871. The van der Waals surface area contributed by atoms with E-state index in [2.05, 4.69) is 49.5 Å². The number of thiophene rings is 1. The standard InChI is InChI=1S/C18H18N4S2/c1-23-18-20-10-14-12-22(7-6-15(14)21-18)11-13-4-5-16(19-9-13)17-3-2-8-24-17/h2-5,8-10H,6-7,11-12H2,1H3. The average molecular weight is 355 g/mol. The van der Waals surface area contributed by atoms with Crippen molar-refractivity contribution in [3.63, 3.8) is 0 Å². The van der Waals surface area contributed by atoms with Crippen molar-refractivity contribution in [2.24, 2.45) is 0 Å². The zero-order valence-electron chi connectivity index (χ0n) is 13.5. The van der Waals surface area contributed by atoms with Gasteiger partial charge in [0.2, 0.25) is 0 Å². The molecule has 3 aromatic rings. The molecule has 3 aromatic heterocycles. The number of hydrogen-bond acceptors (Lipinski definition) is 6. The van der Waals surface area contributed by atoms with E-state index in [1.54, 1.807) is 23.1 Å². The first-order valence-electron chi connectivity index (χ1n) is 7.92. The van der Waals surface area contributed by atoms with E-state index in [0.29, 0.717) is 0 Å². The van der Waals surface area contributed by atoms with Crippen LogP contribution in [0.25, 0.3) is 10.6 Å². The monoisotopic (exact) mass is 354 g/mol. The van der Waals surface area contributed by atoms with Gasteiger partial charge in [0.15, 0.2) is 5.16 Å². The number of pyridine rings is 1. The first-order valence-corrected chi connectivity index (χ1v) is 10.0. The molecule has 4 heterocycles. The molecule has 0 fully saturated rings. The molecule has 0 N–H and O–H groups in total. The minimum Gasteiger partial charge on any atom is -0.294 e. The Bertz CT molecular complexity index is 816. The van der Waals surface area contributed by atoms with Crippen LogP contribution in [0.5, 0.6) is 0 Å². The predicted octanol–water partition coefficient (Wildman–Crippen LogP) is 3.88. The Hall–Kier alpha value is -1.76. The second kappa shape index (κ2) is 7.01. The molecular weight excluding hydrogens is 336 g/mol. The van der Waals surface area contributed by atoms with Gasteiger partial charge in [0.25, 0.3) is 0 Å². The molecule has 0 radical (unpaired) electrons. The fraction of sp³-hybridized carbons (Fsp3) is 0.278. The van der Waals surface area contributed by atoms with Crippen molar-refractivity contribution in [1.82, 2.24) is 19.9 Å². The lowest BCUT2D eigenvalue weighted by Crippen LogP contribution is -2.31. The average Bonchev–Trinajstić information content (AvgIpc) is 3.16. The van der Waals surface area contributed by atoms with Crippen LogP contribution in [-0.2, 0) is 19.5 Å². The van der Waals surface area contributed by atoms with Gasteiger partial charge >= 0.3 is 0 Å². The van der Waals surface area contributed by atoms with Crippen LogP contribution in [0.4, 0.5) is 0 Å². The SMILES string of the molecule is CSc1ncc2c(n1)CCN(Cc1ccc(-c3cccs3)nc1)C2. The fourth-order valence-corrected chi connectivity index (χ4v) is 4.00. The molecule has 122 valence electrons. The Balaban J connectivity index is 1.44. The summed E-state index contributed by atoms with van der Waals surface area (Å²) < 4.78 is 0. The zero-order valence-corrected chi connectivity index (χ0v) is 15.1. The molecule has 0 atom stereocenters. The topological polar surface area (TPSA) is 41.9 Å². The van der Waals surface area contributed by atoms with Crippen LogP contribution in [-0.4, -0.2) is 32.7 Å². The summed E-state index contributed by atoms with van der Waals surface area (Å²) in [6, 6.07) is 8.47. The summed E-state index contributed by atoms with van der Waals surface area (Å²) in [6.07, 6.45) is 6.99. The van der Waals surface area contributed by atoms with Crippen molar-refractivity contribution in [3.05, 3.63) is 58.9 Å². The van der Waals surface area contributed by atoms with E-state index in [9.17, 15) is 0 Å². The maximum absolute atomic E-state index is 4.63. The summed E-state index contributed by atoms with van der Waals surface area (Å²) in [5.74, 6) is 0. The number of fused-ring (bicyclic) bond motifs is 1. The molecule has 0 saturated heterocycles. The lowest BCUT2D eigenvalue weighted by Gasteiger charge is -2.27. The molecule has 0 unspecified atom stereocenters. The first kappa shape index (κ1) is 15.7. The molecule has 6 heteroatoms. The van der Waals surface area contributed by atoms with Crippen molar-refractivity contribution in [2.75, 3.05) is 12.8 Å². The van der Waals surface area contributed by atoms with Gasteiger partial charge in [-0.15, -0.1) is 11.3 Å². The molecule has 0 amide bonds. The fourth-order valence-electron chi connectivity index (χ4n) is 2.94. The van der Waals surface area contributed by atoms with E-state index >= 15 is 0 Å². The largest absolute Gasteiger partial charge is 0.294 e. The van der Waals surface area contributed by atoms with Crippen LogP contribution in [0.15, 0.2) is 47.2 Å². The van der Waals surface area contributed by atoms with Gasteiger partial charge in [-0.05, 0) is 29.3 Å². The first-order chi connectivity index (χ1) is 11.8. The maximum atomic E-state index is 4.63. The third-order valence-electron chi connectivity index (χ3n) is 4.18. The third-order valence-corrected chi connectivity index (χ3v) is 5.63. The lowest BCUT2D eigenvalue weighted by atomic mass is 10.1. The molecule has 1 aliphatic heterocycles. The van der Waals surface area contributed by atoms with Gasteiger partial charge in [0, 0.05) is 44.0 Å². The minimum absolute atomic E-state index is 0.871. The predicted molar refractivity (Wildman–Crippen MR) is 99.2 cm³/mol. The molecule has 24 heavy (non-hydrogen) atoms. The van der Waals surface area contributed by atoms with Crippen molar-refractivity contribution in [2.45, 2.75) is 24.7 Å². The highest BCUT2D eigenvalue weighted by molar-refractivity contribution is 7.98. The number of hydrogen-bond donors (Lipinski definition) is 0. The van der Waals surface area contributed by atoms with Crippen LogP contribution in [0.3, 0.4) is 0 Å². The van der Waals surface area contributed by atoms with E-state index in [0.717, 1.165) is 36.9 Å². The van der Waals surface area contributed by atoms with Crippen molar-refractivity contribution in [3.8, 4) is 10.6 Å². The quantitative estimate of drug-likeness (QED) is 0.525. The highest BCUT2D eigenvalue weighted by Crippen LogP contribution is 2.24. The summed E-state index contributed by atoms with van der Waals surface area (Å²) in [6.45, 7) is 2.86.